The third kappa shape index (κ3) is 3.18. The summed E-state index contributed by atoms with van der Waals surface area (Å²) in [7, 11) is 0. The molecule has 0 saturated carbocycles. The largest absolute Gasteiger partial charge is 0.465 e. The molecule has 3 rings (SSSR count). The number of furan rings is 1. The molecule has 0 N–H and O–H groups in total. The molecule has 25 heavy (non-hydrogen) atoms. The molecule has 2 aliphatic rings. The fourth-order valence-electron chi connectivity index (χ4n) is 3.17. The quantitative estimate of drug-likeness (QED) is 0.769. The summed E-state index contributed by atoms with van der Waals surface area (Å²) >= 11 is 0. The molecule has 134 valence electrons. The minimum absolute atomic E-state index is 0.157. The van der Waals surface area contributed by atoms with Gasteiger partial charge < -0.3 is 14.1 Å². The summed E-state index contributed by atoms with van der Waals surface area (Å²) in [4.78, 5) is 40.0. The molecule has 3 heterocycles. The predicted molar refractivity (Wildman–Crippen MR) is 89.4 cm³/mol. The van der Waals surface area contributed by atoms with E-state index in [4.69, 9.17) is 9.15 Å². The van der Waals surface area contributed by atoms with Gasteiger partial charge in [0.15, 0.2) is 5.60 Å². The van der Waals surface area contributed by atoms with Crippen LogP contribution in [0.1, 0.15) is 39.4 Å². The van der Waals surface area contributed by atoms with E-state index in [2.05, 4.69) is 0 Å². The van der Waals surface area contributed by atoms with Crippen LogP contribution in [0, 0.1) is 0 Å². The van der Waals surface area contributed by atoms with E-state index in [9.17, 15) is 14.4 Å². The fourth-order valence-corrected chi connectivity index (χ4v) is 3.17. The summed E-state index contributed by atoms with van der Waals surface area (Å²) in [6.07, 6.45) is 4.61. The maximum absolute atomic E-state index is 12.7. The number of amides is 3. The van der Waals surface area contributed by atoms with Crippen LogP contribution in [-0.2, 0) is 14.3 Å². The Morgan fingerprint density at radius 1 is 1.24 bits per heavy atom. The van der Waals surface area contributed by atoms with Crippen LogP contribution in [0.4, 0.5) is 4.79 Å². The molecular weight excluding hydrogens is 324 g/mol. The van der Waals surface area contributed by atoms with Crippen molar-refractivity contribution < 1.29 is 23.5 Å². The van der Waals surface area contributed by atoms with Gasteiger partial charge in [0.2, 0.25) is 5.91 Å². The Bertz CT molecular complexity index is 706. The first-order chi connectivity index (χ1) is 11.7. The standard InChI is InChI=1S/C18H22N2O5/c1-17(2,3)20-15(22)18(25-16(20)23)8-10-19(11-9-18)14(21)7-6-13-5-4-12-24-13/h4-7,12H,8-11H2,1-3H3/b7-6+. The van der Waals surface area contributed by atoms with Crippen LogP contribution >= 0.6 is 0 Å². The van der Waals surface area contributed by atoms with Gasteiger partial charge in [0.05, 0.1) is 6.26 Å². The number of carbonyl (C=O) groups excluding carboxylic acids is 3. The maximum Gasteiger partial charge on any atom is 0.418 e. The van der Waals surface area contributed by atoms with Crippen molar-refractivity contribution in [2.45, 2.75) is 44.8 Å². The molecular formula is C18H22N2O5. The Labute approximate surface area is 146 Å². The molecule has 2 saturated heterocycles. The van der Waals surface area contributed by atoms with Crippen LogP contribution < -0.4 is 0 Å². The van der Waals surface area contributed by atoms with Crippen LogP contribution in [0.5, 0.6) is 0 Å². The van der Waals surface area contributed by atoms with Gasteiger partial charge in [0, 0.05) is 37.5 Å². The molecule has 2 fully saturated rings. The van der Waals surface area contributed by atoms with E-state index >= 15 is 0 Å². The second-order valence-corrected chi connectivity index (χ2v) is 7.35. The number of imide groups is 1. The minimum atomic E-state index is -1.13. The average Bonchev–Trinajstić information content (AvgIpc) is 3.12. The first-order valence-corrected chi connectivity index (χ1v) is 8.31. The van der Waals surface area contributed by atoms with E-state index in [1.54, 1.807) is 43.9 Å². The van der Waals surface area contributed by atoms with Crippen molar-refractivity contribution in [2.24, 2.45) is 0 Å². The van der Waals surface area contributed by atoms with E-state index in [-0.39, 0.29) is 11.8 Å². The molecule has 0 atom stereocenters. The summed E-state index contributed by atoms with van der Waals surface area (Å²) in [5.74, 6) is 0.140. The van der Waals surface area contributed by atoms with Gasteiger partial charge in [-0.25, -0.2) is 9.69 Å². The van der Waals surface area contributed by atoms with Crippen molar-refractivity contribution >= 4 is 24.0 Å². The summed E-state index contributed by atoms with van der Waals surface area (Å²) in [6, 6.07) is 3.50. The van der Waals surface area contributed by atoms with Gasteiger partial charge in [-0.2, -0.15) is 0 Å². The zero-order chi connectivity index (χ0) is 18.2. The zero-order valence-electron chi connectivity index (χ0n) is 14.7. The summed E-state index contributed by atoms with van der Waals surface area (Å²) < 4.78 is 10.6. The second kappa shape index (κ2) is 6.06. The van der Waals surface area contributed by atoms with Crippen LogP contribution in [0.15, 0.2) is 28.9 Å². The van der Waals surface area contributed by atoms with Crippen molar-refractivity contribution in [1.29, 1.82) is 0 Å². The zero-order valence-corrected chi connectivity index (χ0v) is 14.7. The number of hydrogen-bond donors (Lipinski definition) is 0. The number of rotatable bonds is 2. The lowest BCUT2D eigenvalue weighted by molar-refractivity contribution is -0.145. The number of nitrogens with zero attached hydrogens (tertiary/aromatic N) is 2. The molecule has 7 heteroatoms. The Morgan fingerprint density at radius 3 is 2.44 bits per heavy atom. The van der Waals surface area contributed by atoms with Gasteiger partial charge in [0.1, 0.15) is 5.76 Å². The van der Waals surface area contributed by atoms with E-state index < -0.39 is 17.2 Å². The molecule has 0 aliphatic carbocycles. The van der Waals surface area contributed by atoms with E-state index in [1.165, 1.54) is 17.2 Å². The molecule has 1 aromatic heterocycles. The molecule has 0 aromatic carbocycles. The van der Waals surface area contributed by atoms with Crippen molar-refractivity contribution in [3.05, 3.63) is 30.2 Å². The van der Waals surface area contributed by atoms with E-state index in [0.29, 0.717) is 31.7 Å². The topological polar surface area (TPSA) is 80.1 Å². The summed E-state index contributed by atoms with van der Waals surface area (Å²) in [5, 5.41) is 0. The highest BCUT2D eigenvalue weighted by Crippen LogP contribution is 2.37. The minimum Gasteiger partial charge on any atom is -0.465 e. The van der Waals surface area contributed by atoms with Gasteiger partial charge >= 0.3 is 6.09 Å². The summed E-state index contributed by atoms with van der Waals surface area (Å²) in [5.41, 5.74) is -1.76. The van der Waals surface area contributed by atoms with E-state index in [0.717, 1.165) is 0 Å². The molecule has 0 unspecified atom stereocenters. The van der Waals surface area contributed by atoms with Gasteiger partial charge in [-0.1, -0.05) is 0 Å². The Kier molecular flexibility index (Phi) is 4.18. The predicted octanol–water partition coefficient (Wildman–Crippen LogP) is 2.43. The number of carbonyl (C=O) groups is 3. The normalized spacial score (nSPS) is 20.6. The van der Waals surface area contributed by atoms with Crippen LogP contribution in [0.2, 0.25) is 0 Å². The Balaban J connectivity index is 1.65. The van der Waals surface area contributed by atoms with Gasteiger partial charge in [-0.3, -0.25) is 9.59 Å². The average molecular weight is 346 g/mol. The van der Waals surface area contributed by atoms with Crippen molar-refractivity contribution in [2.75, 3.05) is 13.1 Å². The molecule has 1 spiro atoms. The molecule has 1 aromatic rings. The number of likely N-dealkylation sites (tertiary alicyclic amines) is 1. The van der Waals surface area contributed by atoms with Crippen LogP contribution in [0.25, 0.3) is 6.08 Å². The highest BCUT2D eigenvalue weighted by atomic mass is 16.6. The Hall–Kier alpha value is -2.57. The third-order valence-electron chi connectivity index (χ3n) is 4.55. The highest BCUT2D eigenvalue weighted by Gasteiger charge is 2.57. The molecule has 0 radical (unpaired) electrons. The molecule has 2 aliphatic heterocycles. The lowest BCUT2D eigenvalue weighted by Gasteiger charge is -2.36. The van der Waals surface area contributed by atoms with Crippen LogP contribution in [0.3, 0.4) is 0 Å². The summed E-state index contributed by atoms with van der Waals surface area (Å²) in [6.45, 7) is 6.10. The molecule has 7 nitrogen and oxygen atoms in total. The number of hydrogen-bond acceptors (Lipinski definition) is 5. The van der Waals surface area contributed by atoms with Crippen molar-refractivity contribution in [1.82, 2.24) is 9.80 Å². The van der Waals surface area contributed by atoms with Gasteiger partial charge in [0.25, 0.3) is 5.91 Å². The highest BCUT2D eigenvalue weighted by molar-refractivity contribution is 6.04. The first kappa shape index (κ1) is 17.3. The fraction of sp³-hybridized carbons (Fsp3) is 0.500. The van der Waals surface area contributed by atoms with Gasteiger partial charge in [-0.15, -0.1) is 0 Å². The number of piperidine rings is 1. The number of ether oxygens (including phenoxy) is 1. The van der Waals surface area contributed by atoms with Crippen molar-refractivity contribution in [3.8, 4) is 0 Å². The molecule has 3 amide bonds. The lowest BCUT2D eigenvalue weighted by atomic mass is 9.89. The Morgan fingerprint density at radius 2 is 1.92 bits per heavy atom. The van der Waals surface area contributed by atoms with Gasteiger partial charge in [-0.05, 0) is 39.0 Å². The van der Waals surface area contributed by atoms with E-state index in [1.807, 2.05) is 0 Å². The second-order valence-electron chi connectivity index (χ2n) is 7.35. The monoisotopic (exact) mass is 346 g/mol. The third-order valence-corrected chi connectivity index (χ3v) is 4.55. The first-order valence-electron chi connectivity index (χ1n) is 8.31. The van der Waals surface area contributed by atoms with Crippen LogP contribution in [-0.4, -0.2) is 51.9 Å². The SMILES string of the molecule is CC(C)(C)N1C(=O)OC2(CCN(C(=O)/C=C/c3ccco3)CC2)C1=O. The molecule has 0 bridgehead atoms. The lowest BCUT2D eigenvalue weighted by Crippen LogP contribution is -2.53. The van der Waals surface area contributed by atoms with Crippen molar-refractivity contribution in [3.63, 3.8) is 0 Å². The maximum atomic E-state index is 12.7. The smallest absolute Gasteiger partial charge is 0.418 e.